The number of carbonyl (C=O) groups is 2. The van der Waals surface area contributed by atoms with Crippen LogP contribution >= 0.6 is 0 Å². The number of fused-ring (bicyclic) bond motifs is 1. The summed E-state index contributed by atoms with van der Waals surface area (Å²) >= 11 is 0. The lowest BCUT2D eigenvalue weighted by molar-refractivity contribution is -0.149. The first-order valence-corrected chi connectivity index (χ1v) is 8.61. The number of esters is 1. The number of carbonyl (C=O) groups excluding carboxylic acids is 2. The van der Waals surface area contributed by atoms with Crippen molar-refractivity contribution in [3.63, 3.8) is 0 Å². The van der Waals surface area contributed by atoms with E-state index in [0.717, 1.165) is 18.4 Å². The number of nitrogens with zero attached hydrogens (tertiary/aromatic N) is 1. The number of rotatable bonds is 4. The Balaban J connectivity index is 1.58. The predicted octanol–water partition coefficient (Wildman–Crippen LogP) is 2.62. The number of benzene rings is 1. The first kappa shape index (κ1) is 14.7. The zero-order chi connectivity index (χ0) is 16.1. The average Bonchev–Trinajstić information content (AvgIpc) is 3.14. The second-order valence-corrected chi connectivity index (χ2v) is 7.47. The molecule has 1 aromatic rings. The summed E-state index contributed by atoms with van der Waals surface area (Å²) < 4.78 is 5.47. The first-order chi connectivity index (χ1) is 11.1. The van der Waals surface area contributed by atoms with E-state index in [-0.39, 0.29) is 41.8 Å². The number of ether oxygens (including phenoxy) is 1. The molecule has 2 bridgehead atoms. The van der Waals surface area contributed by atoms with E-state index in [0.29, 0.717) is 12.5 Å². The SMILES string of the molecule is CC(C)N(Cc1ccccc1)C(=O)[C@H]1[C@@H]2C[C@@H]3[C@H]1C(=O)O[C@@H]3C2. The lowest BCUT2D eigenvalue weighted by Crippen LogP contribution is -2.45. The van der Waals surface area contributed by atoms with Gasteiger partial charge in [0.1, 0.15) is 6.10 Å². The standard InChI is InChI=1S/C19H23NO3/c1-11(2)20(10-12-6-4-3-5-7-12)18(21)16-13-8-14-15(9-13)23-19(22)17(14)16/h3-7,11,13-17H,8-10H2,1-2H3/t13-,14+,15-,16+,17-/m1/s1. The molecule has 1 saturated heterocycles. The molecule has 23 heavy (non-hydrogen) atoms. The third-order valence-corrected chi connectivity index (χ3v) is 5.87. The van der Waals surface area contributed by atoms with Gasteiger partial charge in [0, 0.05) is 18.5 Å². The highest BCUT2D eigenvalue weighted by Crippen LogP contribution is 2.58. The van der Waals surface area contributed by atoms with Gasteiger partial charge in [-0.05, 0) is 38.2 Å². The second kappa shape index (κ2) is 5.36. The van der Waals surface area contributed by atoms with Crippen LogP contribution in [-0.4, -0.2) is 28.9 Å². The molecule has 0 aromatic heterocycles. The van der Waals surface area contributed by atoms with E-state index >= 15 is 0 Å². The summed E-state index contributed by atoms with van der Waals surface area (Å²) in [6.07, 6.45) is 1.94. The van der Waals surface area contributed by atoms with Crippen molar-refractivity contribution in [3.05, 3.63) is 35.9 Å². The van der Waals surface area contributed by atoms with Crippen LogP contribution in [0.3, 0.4) is 0 Å². The zero-order valence-electron chi connectivity index (χ0n) is 13.6. The van der Waals surface area contributed by atoms with Crippen molar-refractivity contribution in [2.24, 2.45) is 23.7 Å². The molecule has 5 atom stereocenters. The topological polar surface area (TPSA) is 46.6 Å². The van der Waals surface area contributed by atoms with E-state index in [1.807, 2.05) is 49.1 Å². The fourth-order valence-electron chi connectivity index (χ4n) is 4.83. The molecule has 3 fully saturated rings. The van der Waals surface area contributed by atoms with Crippen LogP contribution < -0.4 is 0 Å². The van der Waals surface area contributed by atoms with Gasteiger partial charge in [-0.25, -0.2) is 0 Å². The third kappa shape index (κ3) is 2.27. The Morgan fingerprint density at radius 3 is 2.70 bits per heavy atom. The Kier molecular flexibility index (Phi) is 3.43. The smallest absolute Gasteiger partial charge is 0.310 e. The van der Waals surface area contributed by atoms with Gasteiger partial charge in [0.2, 0.25) is 5.91 Å². The van der Waals surface area contributed by atoms with Crippen molar-refractivity contribution in [1.29, 1.82) is 0 Å². The molecule has 1 aliphatic heterocycles. The molecule has 0 N–H and O–H groups in total. The van der Waals surface area contributed by atoms with Crippen molar-refractivity contribution in [2.45, 2.75) is 45.4 Å². The maximum atomic E-state index is 13.2. The number of hydrogen-bond acceptors (Lipinski definition) is 3. The molecule has 1 amide bonds. The summed E-state index contributed by atoms with van der Waals surface area (Å²) in [6.45, 7) is 4.70. The highest BCUT2D eigenvalue weighted by molar-refractivity contribution is 5.88. The number of amides is 1. The fourth-order valence-corrected chi connectivity index (χ4v) is 4.83. The van der Waals surface area contributed by atoms with Gasteiger partial charge in [0.15, 0.2) is 0 Å². The minimum Gasteiger partial charge on any atom is -0.462 e. The Labute approximate surface area is 136 Å². The van der Waals surface area contributed by atoms with Gasteiger partial charge in [0.25, 0.3) is 0 Å². The lowest BCUT2D eigenvalue weighted by atomic mass is 9.79. The monoisotopic (exact) mass is 313 g/mol. The van der Waals surface area contributed by atoms with E-state index in [4.69, 9.17) is 4.74 Å². The highest BCUT2D eigenvalue weighted by Gasteiger charge is 2.64. The average molecular weight is 313 g/mol. The van der Waals surface area contributed by atoms with Gasteiger partial charge < -0.3 is 9.64 Å². The van der Waals surface area contributed by atoms with Gasteiger partial charge in [-0.1, -0.05) is 30.3 Å². The minimum absolute atomic E-state index is 0.0863. The molecular formula is C19H23NO3. The molecule has 1 aromatic carbocycles. The van der Waals surface area contributed by atoms with Crippen LogP contribution in [0, 0.1) is 23.7 Å². The van der Waals surface area contributed by atoms with Crippen molar-refractivity contribution < 1.29 is 14.3 Å². The fraction of sp³-hybridized carbons (Fsp3) is 0.579. The molecule has 0 spiro atoms. The van der Waals surface area contributed by atoms with Gasteiger partial charge in [0.05, 0.1) is 11.8 Å². The zero-order valence-corrected chi connectivity index (χ0v) is 13.6. The Bertz CT molecular complexity index is 625. The van der Waals surface area contributed by atoms with Crippen molar-refractivity contribution in [1.82, 2.24) is 4.90 Å². The molecule has 4 nitrogen and oxygen atoms in total. The quantitative estimate of drug-likeness (QED) is 0.803. The van der Waals surface area contributed by atoms with Crippen molar-refractivity contribution in [3.8, 4) is 0 Å². The molecule has 0 radical (unpaired) electrons. The molecule has 3 aliphatic rings. The largest absolute Gasteiger partial charge is 0.462 e. The maximum Gasteiger partial charge on any atom is 0.310 e. The van der Waals surface area contributed by atoms with E-state index in [1.165, 1.54) is 0 Å². The summed E-state index contributed by atoms with van der Waals surface area (Å²) in [4.78, 5) is 27.3. The van der Waals surface area contributed by atoms with E-state index < -0.39 is 0 Å². The van der Waals surface area contributed by atoms with Crippen LogP contribution in [0.2, 0.25) is 0 Å². The summed E-state index contributed by atoms with van der Waals surface area (Å²) in [7, 11) is 0. The third-order valence-electron chi connectivity index (χ3n) is 5.87. The Morgan fingerprint density at radius 1 is 1.26 bits per heavy atom. The van der Waals surface area contributed by atoms with E-state index in [2.05, 4.69) is 0 Å². The molecule has 4 rings (SSSR count). The summed E-state index contributed by atoms with van der Waals surface area (Å²) in [6, 6.07) is 10.2. The van der Waals surface area contributed by atoms with Crippen LogP contribution in [0.5, 0.6) is 0 Å². The first-order valence-electron chi connectivity index (χ1n) is 8.61. The molecule has 1 heterocycles. The number of hydrogen-bond donors (Lipinski definition) is 0. The Morgan fingerprint density at radius 2 is 2.00 bits per heavy atom. The van der Waals surface area contributed by atoms with Crippen LogP contribution in [0.4, 0.5) is 0 Å². The summed E-state index contributed by atoms with van der Waals surface area (Å²) in [5, 5.41) is 0. The summed E-state index contributed by atoms with van der Waals surface area (Å²) in [5.41, 5.74) is 1.13. The normalized spacial score (nSPS) is 34.0. The summed E-state index contributed by atoms with van der Waals surface area (Å²) in [5.74, 6) is 0.249. The lowest BCUT2D eigenvalue weighted by Gasteiger charge is -2.33. The van der Waals surface area contributed by atoms with E-state index in [1.54, 1.807) is 0 Å². The van der Waals surface area contributed by atoms with Crippen LogP contribution in [-0.2, 0) is 20.9 Å². The van der Waals surface area contributed by atoms with Gasteiger partial charge in [-0.2, -0.15) is 0 Å². The van der Waals surface area contributed by atoms with Crippen molar-refractivity contribution in [2.75, 3.05) is 0 Å². The highest BCUT2D eigenvalue weighted by atomic mass is 16.6. The predicted molar refractivity (Wildman–Crippen MR) is 85.2 cm³/mol. The van der Waals surface area contributed by atoms with Crippen LogP contribution in [0.1, 0.15) is 32.3 Å². The minimum atomic E-state index is -0.191. The molecule has 2 aliphatic carbocycles. The second-order valence-electron chi connectivity index (χ2n) is 7.47. The van der Waals surface area contributed by atoms with Crippen LogP contribution in [0.15, 0.2) is 30.3 Å². The van der Waals surface area contributed by atoms with Crippen molar-refractivity contribution >= 4 is 11.9 Å². The molecule has 0 unspecified atom stereocenters. The molecule has 122 valence electrons. The van der Waals surface area contributed by atoms with E-state index in [9.17, 15) is 9.59 Å². The van der Waals surface area contributed by atoms with Gasteiger partial charge >= 0.3 is 5.97 Å². The van der Waals surface area contributed by atoms with Gasteiger partial charge in [-0.15, -0.1) is 0 Å². The molecule has 2 saturated carbocycles. The maximum absolute atomic E-state index is 13.2. The van der Waals surface area contributed by atoms with Crippen LogP contribution in [0.25, 0.3) is 0 Å². The van der Waals surface area contributed by atoms with Gasteiger partial charge in [-0.3, -0.25) is 9.59 Å². The Hall–Kier alpha value is -1.84. The molecule has 4 heteroatoms. The molecular weight excluding hydrogens is 290 g/mol.